The van der Waals surface area contributed by atoms with Crippen LogP contribution >= 0.6 is 0 Å². The Labute approximate surface area is 173 Å². The lowest BCUT2D eigenvalue weighted by Gasteiger charge is -2.27. The Morgan fingerprint density at radius 1 is 1.00 bits per heavy atom. The standard InChI is InChI=1S/C21H26F3N3O3/c22-21(23,24)18-2-1-13(19(3-18)26-9-16-11-30-12-17(16)10-26)4-25-5-14-7-27(20(28)29)8-15(14)6-25/h1-3,14-17H,4-12H2,(H,28,29)/p-1. The van der Waals surface area contributed by atoms with Crippen LogP contribution < -0.4 is 10.0 Å². The summed E-state index contributed by atoms with van der Waals surface area (Å²) in [5, 5.41) is 11.1. The SMILES string of the molecule is O=C([O-])N1CC2CN(Cc3ccc(C(F)(F)F)cc3N3CC4COCC4C3)CC2C1. The molecule has 0 saturated carbocycles. The van der Waals surface area contributed by atoms with Crippen LogP contribution in [0.4, 0.5) is 23.7 Å². The zero-order chi connectivity index (χ0) is 21.0. The number of benzene rings is 1. The van der Waals surface area contributed by atoms with Crippen molar-refractivity contribution < 1.29 is 27.8 Å². The fourth-order valence-corrected chi connectivity index (χ4v) is 5.66. The second-order valence-electron chi connectivity index (χ2n) is 9.19. The van der Waals surface area contributed by atoms with Crippen LogP contribution in [0.1, 0.15) is 11.1 Å². The van der Waals surface area contributed by atoms with Crippen molar-refractivity contribution in [1.82, 2.24) is 9.80 Å². The number of carbonyl (C=O) groups excluding carboxylic acids is 1. The van der Waals surface area contributed by atoms with Gasteiger partial charge in [0.2, 0.25) is 0 Å². The highest BCUT2D eigenvalue weighted by Gasteiger charge is 2.42. The lowest BCUT2D eigenvalue weighted by Crippen LogP contribution is -2.41. The summed E-state index contributed by atoms with van der Waals surface area (Å²) in [7, 11) is 0. The van der Waals surface area contributed by atoms with Crippen LogP contribution in [-0.4, -0.2) is 68.4 Å². The summed E-state index contributed by atoms with van der Waals surface area (Å²) in [6, 6.07) is 4.09. The number of amides is 1. The summed E-state index contributed by atoms with van der Waals surface area (Å²) >= 11 is 0. The van der Waals surface area contributed by atoms with Crippen molar-refractivity contribution in [2.24, 2.45) is 23.7 Å². The molecule has 4 fully saturated rings. The number of fused-ring (bicyclic) bond motifs is 2. The lowest BCUT2D eigenvalue weighted by molar-refractivity contribution is -0.264. The fraction of sp³-hybridized carbons (Fsp3) is 0.667. The molecule has 9 heteroatoms. The van der Waals surface area contributed by atoms with Gasteiger partial charge in [-0.3, -0.25) is 4.90 Å². The molecule has 1 aromatic carbocycles. The van der Waals surface area contributed by atoms with Crippen molar-refractivity contribution in [3.05, 3.63) is 29.3 Å². The molecule has 6 nitrogen and oxygen atoms in total. The predicted molar refractivity (Wildman–Crippen MR) is 101 cm³/mol. The van der Waals surface area contributed by atoms with E-state index in [-0.39, 0.29) is 11.8 Å². The molecule has 164 valence electrons. The molecule has 1 aromatic rings. The van der Waals surface area contributed by atoms with E-state index < -0.39 is 17.8 Å². The van der Waals surface area contributed by atoms with Gasteiger partial charge in [-0.15, -0.1) is 0 Å². The van der Waals surface area contributed by atoms with Crippen LogP contribution in [0.15, 0.2) is 18.2 Å². The fourth-order valence-electron chi connectivity index (χ4n) is 5.66. The number of carbonyl (C=O) groups is 1. The molecule has 4 aliphatic heterocycles. The van der Waals surface area contributed by atoms with Gasteiger partial charge in [0, 0.05) is 63.3 Å². The molecule has 30 heavy (non-hydrogen) atoms. The van der Waals surface area contributed by atoms with Crippen molar-refractivity contribution in [3.63, 3.8) is 0 Å². The molecule has 4 unspecified atom stereocenters. The normalized spacial score (nSPS) is 31.4. The second kappa shape index (κ2) is 7.30. The first-order valence-electron chi connectivity index (χ1n) is 10.5. The van der Waals surface area contributed by atoms with Crippen molar-refractivity contribution in [3.8, 4) is 0 Å². The Morgan fingerprint density at radius 2 is 1.63 bits per heavy atom. The number of likely N-dealkylation sites (tertiary alicyclic amines) is 2. The molecule has 4 atom stereocenters. The smallest absolute Gasteiger partial charge is 0.416 e. The highest BCUT2D eigenvalue weighted by atomic mass is 19.4. The zero-order valence-corrected chi connectivity index (χ0v) is 16.6. The van der Waals surface area contributed by atoms with Crippen LogP contribution in [0.3, 0.4) is 0 Å². The highest BCUT2D eigenvalue weighted by Crippen LogP contribution is 2.39. The molecule has 0 aromatic heterocycles. The lowest BCUT2D eigenvalue weighted by atomic mass is 10.0. The molecule has 1 amide bonds. The van der Waals surface area contributed by atoms with E-state index in [0.29, 0.717) is 50.4 Å². The Kier molecular flexibility index (Phi) is 4.85. The quantitative estimate of drug-likeness (QED) is 0.736. The van der Waals surface area contributed by atoms with Crippen LogP contribution in [0.5, 0.6) is 0 Å². The van der Waals surface area contributed by atoms with Gasteiger partial charge in [0.05, 0.1) is 18.8 Å². The van der Waals surface area contributed by atoms with Gasteiger partial charge in [0.15, 0.2) is 0 Å². The van der Waals surface area contributed by atoms with Gasteiger partial charge in [0.25, 0.3) is 0 Å². The Balaban J connectivity index is 1.34. The highest BCUT2D eigenvalue weighted by molar-refractivity contribution is 5.63. The van der Waals surface area contributed by atoms with Gasteiger partial charge >= 0.3 is 6.18 Å². The maximum Gasteiger partial charge on any atom is 0.416 e. The Morgan fingerprint density at radius 3 is 2.20 bits per heavy atom. The Bertz CT molecular complexity index is 807. The minimum absolute atomic E-state index is 0.268. The molecule has 0 bridgehead atoms. The Hall–Kier alpha value is -2.00. The predicted octanol–water partition coefficient (Wildman–Crippen LogP) is 1.49. The number of rotatable bonds is 3. The average molecular weight is 424 g/mol. The van der Waals surface area contributed by atoms with E-state index >= 15 is 0 Å². The third kappa shape index (κ3) is 3.62. The van der Waals surface area contributed by atoms with Crippen molar-refractivity contribution in [2.75, 3.05) is 57.4 Å². The summed E-state index contributed by atoms with van der Waals surface area (Å²) in [4.78, 5) is 16.8. The van der Waals surface area contributed by atoms with Crippen LogP contribution in [-0.2, 0) is 17.5 Å². The number of ether oxygens (including phenoxy) is 1. The molecular weight excluding hydrogens is 399 g/mol. The number of anilines is 1. The van der Waals surface area contributed by atoms with Crippen molar-refractivity contribution >= 4 is 11.8 Å². The van der Waals surface area contributed by atoms with Gasteiger partial charge in [-0.1, -0.05) is 6.07 Å². The van der Waals surface area contributed by atoms with Gasteiger partial charge in [-0.2, -0.15) is 13.2 Å². The van der Waals surface area contributed by atoms with E-state index in [9.17, 15) is 23.1 Å². The molecule has 0 aliphatic carbocycles. The molecule has 4 aliphatic rings. The number of carboxylic acid groups (broad SMARTS) is 1. The van der Waals surface area contributed by atoms with Gasteiger partial charge < -0.3 is 24.4 Å². The van der Waals surface area contributed by atoms with Crippen LogP contribution in [0, 0.1) is 23.7 Å². The first-order valence-corrected chi connectivity index (χ1v) is 10.5. The van der Waals surface area contributed by atoms with Gasteiger partial charge in [-0.25, -0.2) is 0 Å². The summed E-state index contributed by atoms with van der Waals surface area (Å²) in [5.74, 6) is 1.30. The molecule has 5 rings (SSSR count). The van der Waals surface area contributed by atoms with E-state index in [1.807, 2.05) is 0 Å². The molecule has 4 heterocycles. The number of halogens is 3. The first kappa shape index (κ1) is 19.9. The summed E-state index contributed by atoms with van der Waals surface area (Å²) in [6.07, 6.45) is -5.49. The van der Waals surface area contributed by atoms with E-state index in [1.165, 1.54) is 17.0 Å². The maximum atomic E-state index is 13.4. The van der Waals surface area contributed by atoms with Crippen molar-refractivity contribution in [1.29, 1.82) is 0 Å². The van der Waals surface area contributed by atoms with E-state index in [0.717, 1.165) is 31.7 Å². The topological polar surface area (TPSA) is 59.1 Å². The number of alkyl halides is 3. The van der Waals surface area contributed by atoms with Crippen LogP contribution in [0.25, 0.3) is 0 Å². The van der Waals surface area contributed by atoms with Gasteiger partial charge in [-0.05, 0) is 29.5 Å². The van der Waals surface area contributed by atoms with Crippen molar-refractivity contribution in [2.45, 2.75) is 12.7 Å². The third-order valence-electron chi connectivity index (χ3n) is 7.21. The number of hydrogen-bond donors (Lipinski definition) is 0. The molecule has 0 spiro atoms. The minimum atomic E-state index is -4.37. The largest absolute Gasteiger partial charge is 0.530 e. The maximum absolute atomic E-state index is 13.4. The second-order valence-corrected chi connectivity index (χ2v) is 9.19. The molecular formula is C21H25F3N3O3-. The minimum Gasteiger partial charge on any atom is -0.530 e. The van der Waals surface area contributed by atoms with E-state index in [1.54, 1.807) is 6.07 Å². The first-order chi connectivity index (χ1) is 14.3. The van der Waals surface area contributed by atoms with E-state index in [4.69, 9.17) is 4.74 Å². The third-order valence-corrected chi connectivity index (χ3v) is 7.21. The molecule has 4 saturated heterocycles. The number of hydrogen-bond acceptors (Lipinski definition) is 5. The molecule has 0 N–H and O–H groups in total. The van der Waals surface area contributed by atoms with E-state index in [2.05, 4.69) is 9.80 Å². The average Bonchev–Trinajstić information content (AvgIpc) is 3.40. The number of nitrogens with zero attached hydrogens (tertiary/aromatic N) is 3. The zero-order valence-electron chi connectivity index (χ0n) is 16.6. The molecule has 0 radical (unpaired) electrons. The summed E-state index contributed by atoms with van der Waals surface area (Å²) < 4.78 is 45.6. The van der Waals surface area contributed by atoms with Gasteiger partial charge in [0.1, 0.15) is 6.09 Å². The summed E-state index contributed by atoms with van der Waals surface area (Å²) in [6.45, 7) is 5.88. The van der Waals surface area contributed by atoms with Crippen LogP contribution in [0.2, 0.25) is 0 Å². The summed E-state index contributed by atoms with van der Waals surface area (Å²) in [5.41, 5.74) is 0.964. The monoisotopic (exact) mass is 424 g/mol.